The second kappa shape index (κ2) is 8.05. The lowest BCUT2D eigenvalue weighted by Crippen LogP contribution is -2.24. The lowest BCUT2D eigenvalue weighted by atomic mass is 10.1. The van der Waals surface area contributed by atoms with Crippen molar-refractivity contribution in [1.82, 2.24) is 10.3 Å². The molecule has 8 heteroatoms. The minimum Gasteiger partial charge on any atom is -0.346 e. The Hall–Kier alpha value is -3.13. The molecule has 27 heavy (non-hydrogen) atoms. The van der Waals surface area contributed by atoms with Gasteiger partial charge in [0, 0.05) is 22.7 Å². The molecular weight excluding hydrogens is 372 g/mol. The Balaban J connectivity index is 1.59. The number of rotatable bonds is 6. The van der Waals surface area contributed by atoms with Crippen LogP contribution in [0.25, 0.3) is 0 Å². The second-order valence-corrected chi connectivity index (χ2v) is 6.57. The third-order valence-electron chi connectivity index (χ3n) is 3.70. The van der Waals surface area contributed by atoms with Crippen LogP contribution < -0.4 is 10.6 Å². The van der Waals surface area contributed by atoms with Crippen LogP contribution >= 0.6 is 11.3 Å². The van der Waals surface area contributed by atoms with Gasteiger partial charge in [-0.15, -0.1) is 11.3 Å². The third-order valence-corrected chi connectivity index (χ3v) is 4.51. The van der Waals surface area contributed by atoms with Gasteiger partial charge >= 0.3 is 0 Å². The van der Waals surface area contributed by atoms with Gasteiger partial charge in [-0.05, 0) is 43.3 Å². The van der Waals surface area contributed by atoms with Crippen molar-refractivity contribution in [3.8, 4) is 0 Å². The maximum absolute atomic E-state index is 13.6. The van der Waals surface area contributed by atoms with Gasteiger partial charge in [0.1, 0.15) is 11.6 Å². The zero-order valence-electron chi connectivity index (χ0n) is 14.3. The fourth-order valence-corrected chi connectivity index (χ4v) is 3.03. The highest BCUT2D eigenvalue weighted by Crippen LogP contribution is 2.21. The van der Waals surface area contributed by atoms with E-state index in [1.807, 2.05) is 0 Å². The number of nitrogens with one attached hydrogen (secondary N) is 2. The first-order chi connectivity index (χ1) is 12.9. The third kappa shape index (κ3) is 4.73. The molecule has 0 saturated carbocycles. The monoisotopic (exact) mass is 387 g/mol. The molecule has 0 aliphatic heterocycles. The summed E-state index contributed by atoms with van der Waals surface area (Å²) < 4.78 is 26.5. The van der Waals surface area contributed by atoms with E-state index >= 15 is 0 Å². The van der Waals surface area contributed by atoms with E-state index in [1.54, 1.807) is 29.6 Å². The van der Waals surface area contributed by atoms with Gasteiger partial charge in [-0.3, -0.25) is 9.59 Å². The van der Waals surface area contributed by atoms with Crippen LogP contribution in [0.3, 0.4) is 0 Å². The van der Waals surface area contributed by atoms with Crippen molar-refractivity contribution in [3.63, 3.8) is 0 Å². The van der Waals surface area contributed by atoms with Gasteiger partial charge in [-0.1, -0.05) is 0 Å². The summed E-state index contributed by atoms with van der Waals surface area (Å²) in [6.07, 6.45) is 0. The van der Waals surface area contributed by atoms with Crippen LogP contribution in [0.4, 0.5) is 19.6 Å². The van der Waals surface area contributed by atoms with E-state index in [0.29, 0.717) is 22.5 Å². The average Bonchev–Trinajstić information content (AvgIpc) is 3.07. The molecule has 1 heterocycles. The zero-order chi connectivity index (χ0) is 19.4. The molecular formula is C19H15F2N3O2S. The lowest BCUT2D eigenvalue weighted by Gasteiger charge is -2.05. The molecule has 3 rings (SSSR count). The molecule has 5 nitrogen and oxygen atoms in total. The quantitative estimate of drug-likeness (QED) is 0.619. The molecule has 0 aliphatic rings. The van der Waals surface area contributed by atoms with Crippen molar-refractivity contribution in [2.24, 2.45) is 0 Å². The number of amides is 1. The molecule has 0 fully saturated rings. The van der Waals surface area contributed by atoms with Crippen LogP contribution in [0.15, 0.2) is 47.8 Å². The van der Waals surface area contributed by atoms with Crippen LogP contribution in [0.1, 0.15) is 33.3 Å². The summed E-state index contributed by atoms with van der Waals surface area (Å²) in [6, 6.07) is 9.78. The Morgan fingerprint density at radius 2 is 1.85 bits per heavy atom. The predicted octanol–water partition coefficient (Wildman–Crippen LogP) is 4.30. The molecule has 0 atom stereocenters. The van der Waals surface area contributed by atoms with E-state index in [4.69, 9.17) is 0 Å². The maximum Gasteiger partial charge on any atom is 0.254 e. The number of halogens is 2. The molecule has 2 aromatic carbocycles. The van der Waals surface area contributed by atoms with Crippen LogP contribution in [-0.4, -0.2) is 16.7 Å². The van der Waals surface area contributed by atoms with Crippen LogP contribution in [0.2, 0.25) is 0 Å². The number of Topliss-reactive ketones (excluding diaryl/α,β-unsaturated/α-hetero) is 1. The van der Waals surface area contributed by atoms with Gasteiger partial charge in [0.15, 0.2) is 10.9 Å². The molecule has 0 radical (unpaired) electrons. The smallest absolute Gasteiger partial charge is 0.254 e. The molecule has 0 unspecified atom stereocenters. The molecule has 3 aromatic rings. The SMILES string of the molecule is CC(=O)c1ccc(Nc2nc(CNC(=O)c3ccc(F)cc3F)cs2)cc1. The second-order valence-electron chi connectivity index (χ2n) is 5.71. The number of carbonyl (C=O) groups excluding carboxylic acids is 2. The maximum atomic E-state index is 13.6. The van der Waals surface area contributed by atoms with E-state index in [-0.39, 0.29) is 17.9 Å². The molecule has 2 N–H and O–H groups in total. The molecule has 1 amide bonds. The summed E-state index contributed by atoms with van der Waals surface area (Å²) in [5.41, 5.74) is 1.77. The average molecular weight is 387 g/mol. The molecule has 0 bridgehead atoms. The largest absolute Gasteiger partial charge is 0.346 e. The summed E-state index contributed by atoms with van der Waals surface area (Å²) in [5, 5.41) is 8.03. The topological polar surface area (TPSA) is 71.1 Å². The Labute approximate surface area is 158 Å². The Morgan fingerprint density at radius 3 is 2.52 bits per heavy atom. The van der Waals surface area contributed by atoms with Crippen LogP contribution in [0.5, 0.6) is 0 Å². The van der Waals surface area contributed by atoms with Gasteiger partial charge in [-0.25, -0.2) is 13.8 Å². The zero-order valence-corrected chi connectivity index (χ0v) is 15.1. The Morgan fingerprint density at radius 1 is 1.11 bits per heavy atom. The van der Waals surface area contributed by atoms with Crippen molar-refractivity contribution >= 4 is 33.8 Å². The summed E-state index contributed by atoms with van der Waals surface area (Å²) in [4.78, 5) is 27.6. The molecule has 0 saturated heterocycles. The van der Waals surface area contributed by atoms with Crippen molar-refractivity contribution in [1.29, 1.82) is 0 Å². The first-order valence-electron chi connectivity index (χ1n) is 7.98. The van der Waals surface area contributed by atoms with Gasteiger partial charge in [0.2, 0.25) is 0 Å². The van der Waals surface area contributed by atoms with Gasteiger partial charge < -0.3 is 10.6 Å². The number of anilines is 2. The normalized spacial score (nSPS) is 10.5. The van der Waals surface area contributed by atoms with Crippen molar-refractivity contribution < 1.29 is 18.4 Å². The number of carbonyl (C=O) groups is 2. The first kappa shape index (κ1) is 18.7. The van der Waals surface area contributed by atoms with Crippen molar-refractivity contribution in [3.05, 3.63) is 76.3 Å². The molecule has 1 aromatic heterocycles. The molecule has 0 spiro atoms. The van der Waals surface area contributed by atoms with Gasteiger partial charge in [0.25, 0.3) is 5.91 Å². The lowest BCUT2D eigenvalue weighted by molar-refractivity contribution is 0.0945. The van der Waals surface area contributed by atoms with Crippen LogP contribution in [0, 0.1) is 11.6 Å². The van der Waals surface area contributed by atoms with Crippen molar-refractivity contribution in [2.75, 3.05) is 5.32 Å². The highest BCUT2D eigenvalue weighted by atomic mass is 32.1. The van der Waals surface area contributed by atoms with E-state index in [0.717, 1.165) is 17.8 Å². The minimum atomic E-state index is -0.915. The minimum absolute atomic E-state index is 0.00795. The van der Waals surface area contributed by atoms with E-state index < -0.39 is 17.5 Å². The number of hydrogen-bond acceptors (Lipinski definition) is 5. The fourth-order valence-electron chi connectivity index (χ4n) is 2.30. The first-order valence-corrected chi connectivity index (χ1v) is 8.86. The standard InChI is InChI=1S/C19H15F2N3O2S/c1-11(25)12-2-5-14(6-3-12)23-19-24-15(10-27-19)9-22-18(26)16-7-4-13(20)8-17(16)21/h2-8,10H,9H2,1H3,(H,22,26)(H,23,24). The Kier molecular flexibility index (Phi) is 5.56. The number of aromatic nitrogens is 1. The number of thiazole rings is 1. The van der Waals surface area contributed by atoms with Gasteiger partial charge in [-0.2, -0.15) is 0 Å². The van der Waals surface area contributed by atoms with Crippen LogP contribution in [-0.2, 0) is 6.54 Å². The fraction of sp³-hybridized carbons (Fsp3) is 0.105. The highest BCUT2D eigenvalue weighted by Gasteiger charge is 2.13. The summed E-state index contributed by atoms with van der Waals surface area (Å²) in [7, 11) is 0. The van der Waals surface area contributed by atoms with E-state index in [1.165, 1.54) is 18.3 Å². The highest BCUT2D eigenvalue weighted by molar-refractivity contribution is 7.13. The van der Waals surface area contributed by atoms with E-state index in [2.05, 4.69) is 15.6 Å². The molecule has 138 valence electrons. The summed E-state index contributed by atoms with van der Waals surface area (Å²) >= 11 is 1.34. The van der Waals surface area contributed by atoms with E-state index in [9.17, 15) is 18.4 Å². The van der Waals surface area contributed by atoms with Gasteiger partial charge in [0.05, 0.1) is 17.8 Å². The predicted molar refractivity (Wildman–Crippen MR) is 99.4 cm³/mol. The number of hydrogen-bond donors (Lipinski definition) is 2. The Bertz CT molecular complexity index is 987. The number of nitrogens with zero attached hydrogens (tertiary/aromatic N) is 1. The summed E-state index contributed by atoms with van der Waals surface area (Å²) in [6.45, 7) is 1.61. The number of ketones is 1. The van der Waals surface area contributed by atoms with Crippen molar-refractivity contribution in [2.45, 2.75) is 13.5 Å². The number of benzene rings is 2. The molecule has 0 aliphatic carbocycles. The summed E-state index contributed by atoms with van der Waals surface area (Å²) in [5.74, 6) is -2.31.